The van der Waals surface area contributed by atoms with E-state index in [2.05, 4.69) is 103 Å². The van der Waals surface area contributed by atoms with Crippen LogP contribution in [0.4, 0.5) is 17.1 Å². The highest BCUT2D eigenvalue weighted by Crippen LogP contribution is 2.46. The average Bonchev–Trinajstić information content (AvgIpc) is 3.77. The first kappa shape index (κ1) is 31.7. The predicted molar refractivity (Wildman–Crippen MR) is 263 cm³/mol. The van der Waals surface area contributed by atoms with E-state index in [1.165, 1.54) is 0 Å². The van der Waals surface area contributed by atoms with Crippen LogP contribution in [0.5, 0.6) is 0 Å². The minimum Gasteiger partial charge on any atom is -0.455 e. The number of fused-ring (bicyclic) bond motifs is 7. The van der Waals surface area contributed by atoms with Crippen molar-refractivity contribution in [3.8, 4) is 44.5 Å². The maximum absolute atomic E-state index is 9.79. The fraction of sp³-hybridized carbons (Fsp3) is 0. The molecule has 0 radical (unpaired) electrons. The molecule has 1 heterocycles. The molecule has 2 heteroatoms. The van der Waals surface area contributed by atoms with Crippen molar-refractivity contribution in [3.05, 3.63) is 236 Å². The summed E-state index contributed by atoms with van der Waals surface area (Å²) >= 11 is 0. The Balaban J connectivity index is 1.04. The van der Waals surface area contributed by atoms with Gasteiger partial charge in [0.15, 0.2) is 0 Å². The summed E-state index contributed by atoms with van der Waals surface area (Å²) < 4.78 is 45.6. The van der Waals surface area contributed by atoms with Crippen LogP contribution in [-0.2, 0) is 0 Å². The van der Waals surface area contributed by atoms with E-state index in [9.17, 15) is 5.48 Å². The van der Waals surface area contributed by atoms with Gasteiger partial charge in [0.2, 0.25) is 0 Å². The molecule has 11 aromatic carbocycles. The number of para-hydroxylation sites is 2. The molecule has 0 aliphatic rings. The van der Waals surface area contributed by atoms with Gasteiger partial charge in [0, 0.05) is 38.7 Å². The van der Waals surface area contributed by atoms with E-state index in [1.54, 1.807) is 0 Å². The van der Waals surface area contributed by atoms with Crippen LogP contribution in [-0.4, -0.2) is 0 Å². The smallest absolute Gasteiger partial charge is 0.143 e. The van der Waals surface area contributed by atoms with Crippen molar-refractivity contribution in [3.63, 3.8) is 0 Å². The molecule has 0 unspecified atom stereocenters. The van der Waals surface area contributed by atoms with Gasteiger partial charge in [-0.15, -0.1) is 0 Å². The number of hydrogen-bond donors (Lipinski definition) is 0. The van der Waals surface area contributed by atoms with Gasteiger partial charge in [-0.25, -0.2) is 0 Å². The first-order valence-corrected chi connectivity index (χ1v) is 20.9. The van der Waals surface area contributed by atoms with Crippen molar-refractivity contribution < 1.29 is 9.90 Å². The van der Waals surface area contributed by atoms with E-state index in [-0.39, 0.29) is 35.4 Å². The highest BCUT2D eigenvalue weighted by molar-refractivity contribution is 6.17. The van der Waals surface area contributed by atoms with Gasteiger partial charge in [-0.1, -0.05) is 200 Å². The SMILES string of the molecule is [2H]c1c([2H])c(N(c2ccc(-c3cccc4ccccc34)cc2)c2ccccc2-c2cccc3c2oc2c4ccccc4ccc32)c([2H])c([2H])c1-c1ccc(-c2cccc3ccccc23)cc1. The first-order valence-electron chi connectivity index (χ1n) is 22.9. The molecule has 0 amide bonds. The largest absolute Gasteiger partial charge is 0.455 e. The summed E-state index contributed by atoms with van der Waals surface area (Å²) in [7, 11) is 0. The van der Waals surface area contributed by atoms with Crippen molar-refractivity contribution in [2.24, 2.45) is 0 Å². The van der Waals surface area contributed by atoms with Gasteiger partial charge < -0.3 is 9.32 Å². The Labute approximate surface area is 365 Å². The van der Waals surface area contributed by atoms with Crippen LogP contribution < -0.4 is 4.90 Å². The average molecular weight is 794 g/mol. The number of anilines is 3. The summed E-state index contributed by atoms with van der Waals surface area (Å²) in [6.07, 6.45) is 0. The third-order valence-electron chi connectivity index (χ3n) is 12.2. The number of benzene rings is 11. The molecule has 62 heavy (non-hydrogen) atoms. The summed E-state index contributed by atoms with van der Waals surface area (Å²) in [5, 5.41) is 8.69. The minimum absolute atomic E-state index is 0.120. The summed E-state index contributed by atoms with van der Waals surface area (Å²) in [4.78, 5) is 1.88. The van der Waals surface area contributed by atoms with E-state index in [0.717, 1.165) is 87.6 Å². The molecule has 0 atom stereocenters. The van der Waals surface area contributed by atoms with E-state index in [4.69, 9.17) is 4.42 Å². The molecule has 1 aromatic heterocycles. The van der Waals surface area contributed by atoms with E-state index < -0.39 is 0 Å². The van der Waals surface area contributed by atoms with Crippen LogP contribution in [0.15, 0.2) is 241 Å². The normalized spacial score (nSPS) is 12.5. The van der Waals surface area contributed by atoms with Crippen LogP contribution in [0.2, 0.25) is 0 Å². The second-order valence-corrected chi connectivity index (χ2v) is 15.7. The van der Waals surface area contributed by atoms with Crippen LogP contribution >= 0.6 is 0 Å². The number of hydrogen-bond acceptors (Lipinski definition) is 2. The molecule has 0 saturated carbocycles. The Bertz CT molecular complexity index is 3830. The Morgan fingerprint density at radius 2 is 0.758 bits per heavy atom. The van der Waals surface area contributed by atoms with Crippen molar-refractivity contribution in [2.75, 3.05) is 4.90 Å². The quantitative estimate of drug-likeness (QED) is 0.160. The number of nitrogens with zero attached hydrogens (tertiary/aromatic N) is 1. The Kier molecular flexibility index (Phi) is 7.57. The lowest BCUT2D eigenvalue weighted by Gasteiger charge is -2.28. The zero-order valence-corrected chi connectivity index (χ0v) is 33.6. The molecule has 0 aliphatic carbocycles. The predicted octanol–water partition coefficient (Wildman–Crippen LogP) is 17.2. The van der Waals surface area contributed by atoms with Crippen LogP contribution in [0.3, 0.4) is 0 Å². The van der Waals surface area contributed by atoms with Crippen LogP contribution in [0, 0.1) is 0 Å². The molecule has 12 rings (SSSR count). The number of rotatable bonds is 7. The summed E-state index contributed by atoms with van der Waals surface area (Å²) in [5.74, 6) is 0. The monoisotopic (exact) mass is 793 g/mol. The summed E-state index contributed by atoms with van der Waals surface area (Å²) in [5.41, 5.74) is 9.77. The Morgan fingerprint density at radius 3 is 1.44 bits per heavy atom. The van der Waals surface area contributed by atoms with Crippen LogP contribution in [0.1, 0.15) is 5.48 Å². The Hall–Kier alpha value is -8.20. The lowest BCUT2D eigenvalue weighted by atomic mass is 9.96. The lowest BCUT2D eigenvalue weighted by Crippen LogP contribution is -2.11. The van der Waals surface area contributed by atoms with Crippen LogP contribution in [0.25, 0.3) is 98.8 Å². The number of furan rings is 1. The highest BCUT2D eigenvalue weighted by Gasteiger charge is 2.21. The third-order valence-corrected chi connectivity index (χ3v) is 12.2. The summed E-state index contributed by atoms with van der Waals surface area (Å²) in [6, 6.07) is 71.2. The van der Waals surface area contributed by atoms with Crippen molar-refractivity contribution in [1.29, 1.82) is 0 Å². The van der Waals surface area contributed by atoms with Gasteiger partial charge in [-0.3, -0.25) is 0 Å². The molecule has 0 aliphatic heterocycles. The van der Waals surface area contributed by atoms with Gasteiger partial charge in [-0.05, 0) is 96.7 Å². The zero-order chi connectivity index (χ0) is 44.5. The fourth-order valence-electron chi connectivity index (χ4n) is 9.15. The Morgan fingerprint density at radius 1 is 0.290 bits per heavy atom. The van der Waals surface area contributed by atoms with Gasteiger partial charge >= 0.3 is 0 Å². The molecule has 2 nitrogen and oxygen atoms in total. The van der Waals surface area contributed by atoms with Crippen molar-refractivity contribution in [2.45, 2.75) is 0 Å². The minimum atomic E-state index is -0.148. The third kappa shape index (κ3) is 6.04. The molecule has 12 aromatic rings. The maximum Gasteiger partial charge on any atom is 0.143 e. The second-order valence-electron chi connectivity index (χ2n) is 15.7. The molecule has 0 fully saturated rings. The van der Waals surface area contributed by atoms with E-state index >= 15 is 0 Å². The highest BCUT2D eigenvalue weighted by atomic mass is 16.3. The fourth-order valence-corrected chi connectivity index (χ4v) is 9.15. The lowest BCUT2D eigenvalue weighted by molar-refractivity contribution is 0.674. The van der Waals surface area contributed by atoms with Crippen molar-refractivity contribution >= 4 is 71.3 Å². The van der Waals surface area contributed by atoms with E-state index in [0.29, 0.717) is 16.9 Å². The maximum atomic E-state index is 9.79. The second kappa shape index (κ2) is 14.8. The molecule has 0 spiro atoms. The molecule has 0 saturated heterocycles. The van der Waals surface area contributed by atoms with Gasteiger partial charge in [-0.2, -0.15) is 0 Å². The van der Waals surface area contributed by atoms with E-state index in [1.807, 2.05) is 114 Å². The van der Waals surface area contributed by atoms with Gasteiger partial charge in [0.25, 0.3) is 0 Å². The summed E-state index contributed by atoms with van der Waals surface area (Å²) in [6.45, 7) is 0. The first-order chi connectivity index (χ1) is 32.4. The molecule has 0 bridgehead atoms. The molecule has 290 valence electrons. The molecule has 0 N–H and O–H groups in total. The molecular formula is C60H39NO. The van der Waals surface area contributed by atoms with Crippen molar-refractivity contribution in [1.82, 2.24) is 0 Å². The molecular weight excluding hydrogens is 751 g/mol. The standard InChI is InChI=1S/C60H39NO/c1-4-17-49-42(12-1)15-9-21-51(49)45-28-26-40(27-29-45)41-30-35-47(36-31-41)61(48-37-32-46(33-38-48)52-22-10-16-43-13-2-5-18-50(43)52)58-25-8-7-20-54(58)55-23-11-24-56-57-39-34-44-14-3-6-19-53(44)59(57)62-60(55)56/h1-39H/i30D,31D,35D,36D. The topological polar surface area (TPSA) is 16.4 Å². The van der Waals surface area contributed by atoms with Gasteiger partial charge in [0.1, 0.15) is 11.2 Å². The zero-order valence-electron chi connectivity index (χ0n) is 37.6. The van der Waals surface area contributed by atoms with Gasteiger partial charge in [0.05, 0.1) is 11.2 Å².